The predicted octanol–water partition coefficient (Wildman–Crippen LogP) is 3.92. The summed E-state index contributed by atoms with van der Waals surface area (Å²) >= 11 is 4.85. The first-order chi connectivity index (χ1) is 11.0. The summed E-state index contributed by atoms with van der Waals surface area (Å²) in [7, 11) is 2.71. The van der Waals surface area contributed by atoms with Gasteiger partial charge in [-0.25, -0.2) is 9.59 Å². The van der Waals surface area contributed by atoms with Crippen LogP contribution in [0.15, 0.2) is 40.2 Å². The largest absolute Gasteiger partial charge is 0.493 e. The molecule has 0 saturated heterocycles. The second kappa shape index (κ2) is 7.94. The summed E-state index contributed by atoms with van der Waals surface area (Å²) in [6.45, 7) is 0. The SMILES string of the molecule is COC(=O)c1ccc(OC(=O)C=Cc2ccc(Br)s2)c(OC)c1. The van der Waals surface area contributed by atoms with E-state index in [-0.39, 0.29) is 11.5 Å². The Morgan fingerprint density at radius 2 is 1.91 bits per heavy atom. The molecule has 1 aromatic carbocycles. The normalized spacial score (nSPS) is 10.6. The van der Waals surface area contributed by atoms with Crippen LogP contribution in [0.4, 0.5) is 0 Å². The van der Waals surface area contributed by atoms with Crippen LogP contribution >= 0.6 is 27.3 Å². The predicted molar refractivity (Wildman–Crippen MR) is 91.0 cm³/mol. The van der Waals surface area contributed by atoms with Gasteiger partial charge in [-0.2, -0.15) is 0 Å². The summed E-state index contributed by atoms with van der Waals surface area (Å²) in [5, 5.41) is 0. The zero-order valence-electron chi connectivity index (χ0n) is 12.4. The highest BCUT2D eigenvalue weighted by Crippen LogP contribution is 2.29. The highest BCUT2D eigenvalue weighted by molar-refractivity contribution is 9.11. The molecule has 1 aromatic heterocycles. The molecule has 0 amide bonds. The summed E-state index contributed by atoms with van der Waals surface area (Å²) in [4.78, 5) is 24.3. The number of halogens is 1. The monoisotopic (exact) mass is 396 g/mol. The molecule has 0 fully saturated rings. The van der Waals surface area contributed by atoms with Crippen LogP contribution in [0, 0.1) is 0 Å². The second-order valence-electron chi connectivity index (χ2n) is 4.25. The van der Waals surface area contributed by atoms with Crippen LogP contribution in [0.3, 0.4) is 0 Å². The fraction of sp³-hybridized carbons (Fsp3) is 0.125. The topological polar surface area (TPSA) is 61.8 Å². The van der Waals surface area contributed by atoms with Crippen LogP contribution in [0.5, 0.6) is 11.5 Å². The van der Waals surface area contributed by atoms with Crippen LogP contribution in [-0.4, -0.2) is 26.2 Å². The maximum absolute atomic E-state index is 11.9. The van der Waals surface area contributed by atoms with Crippen molar-refractivity contribution in [1.82, 2.24) is 0 Å². The average molecular weight is 397 g/mol. The maximum atomic E-state index is 11.9. The first-order valence-corrected chi connectivity index (χ1v) is 8.06. The third-order valence-corrected chi connectivity index (χ3v) is 4.36. The van der Waals surface area contributed by atoms with Crippen molar-refractivity contribution < 1.29 is 23.8 Å². The number of esters is 2. The number of hydrogen-bond donors (Lipinski definition) is 0. The number of hydrogen-bond acceptors (Lipinski definition) is 6. The van der Waals surface area contributed by atoms with Crippen molar-refractivity contribution in [1.29, 1.82) is 0 Å². The molecule has 0 aliphatic carbocycles. The molecule has 2 rings (SSSR count). The van der Waals surface area contributed by atoms with E-state index in [9.17, 15) is 9.59 Å². The first kappa shape index (κ1) is 17.2. The van der Waals surface area contributed by atoms with Gasteiger partial charge in [0, 0.05) is 11.0 Å². The molecule has 0 aliphatic heterocycles. The molecule has 0 unspecified atom stereocenters. The van der Waals surface area contributed by atoms with Crippen molar-refractivity contribution in [3.63, 3.8) is 0 Å². The minimum atomic E-state index is -0.543. The number of benzene rings is 1. The molecule has 23 heavy (non-hydrogen) atoms. The van der Waals surface area contributed by atoms with Gasteiger partial charge in [-0.1, -0.05) is 0 Å². The number of ether oxygens (including phenoxy) is 3. The van der Waals surface area contributed by atoms with Crippen molar-refractivity contribution in [3.05, 3.63) is 50.6 Å². The van der Waals surface area contributed by atoms with E-state index in [1.165, 1.54) is 49.8 Å². The zero-order valence-corrected chi connectivity index (χ0v) is 14.8. The van der Waals surface area contributed by atoms with Gasteiger partial charge in [0.2, 0.25) is 0 Å². The minimum absolute atomic E-state index is 0.224. The number of rotatable bonds is 5. The lowest BCUT2D eigenvalue weighted by Gasteiger charge is -2.09. The van der Waals surface area contributed by atoms with Gasteiger partial charge >= 0.3 is 11.9 Å². The van der Waals surface area contributed by atoms with Crippen molar-refractivity contribution in [3.8, 4) is 11.5 Å². The molecule has 0 N–H and O–H groups in total. The van der Waals surface area contributed by atoms with Crippen LogP contribution in [0.2, 0.25) is 0 Å². The van der Waals surface area contributed by atoms with Crippen LogP contribution in [0.1, 0.15) is 15.2 Å². The highest BCUT2D eigenvalue weighted by atomic mass is 79.9. The molecule has 1 heterocycles. The van der Waals surface area contributed by atoms with Gasteiger partial charge in [0.15, 0.2) is 11.5 Å². The number of carbonyl (C=O) groups excluding carboxylic acids is 2. The van der Waals surface area contributed by atoms with E-state index in [4.69, 9.17) is 9.47 Å². The standard InChI is InChI=1S/C16H13BrO5S/c1-20-13-9-10(16(19)21-2)3-6-12(13)22-15(18)8-5-11-4-7-14(17)23-11/h3-9H,1-2H3. The molecular weight excluding hydrogens is 384 g/mol. The third kappa shape index (κ3) is 4.67. The molecule has 120 valence electrons. The molecular formula is C16H13BrO5S. The molecule has 5 nitrogen and oxygen atoms in total. The molecule has 0 radical (unpaired) electrons. The van der Waals surface area contributed by atoms with E-state index in [1.54, 1.807) is 6.08 Å². The highest BCUT2D eigenvalue weighted by Gasteiger charge is 2.13. The van der Waals surface area contributed by atoms with E-state index in [2.05, 4.69) is 20.7 Å². The van der Waals surface area contributed by atoms with Gasteiger partial charge in [0.25, 0.3) is 0 Å². The molecule has 2 aromatic rings. The summed E-state index contributed by atoms with van der Waals surface area (Å²) in [6, 6.07) is 8.21. The average Bonchev–Trinajstić information content (AvgIpc) is 2.98. The van der Waals surface area contributed by atoms with Crippen molar-refractivity contribution in [2.75, 3.05) is 14.2 Å². The van der Waals surface area contributed by atoms with Gasteiger partial charge in [0.05, 0.1) is 23.6 Å². The van der Waals surface area contributed by atoms with Crippen molar-refractivity contribution in [2.45, 2.75) is 0 Å². The van der Waals surface area contributed by atoms with E-state index in [1.807, 2.05) is 12.1 Å². The molecule has 0 atom stereocenters. The van der Waals surface area contributed by atoms with Crippen LogP contribution < -0.4 is 9.47 Å². The molecule has 0 spiro atoms. The Morgan fingerprint density at radius 1 is 1.13 bits per heavy atom. The summed E-state index contributed by atoms with van der Waals surface area (Å²) in [6.07, 6.45) is 2.99. The lowest BCUT2D eigenvalue weighted by molar-refractivity contribution is -0.129. The van der Waals surface area contributed by atoms with Gasteiger partial charge in [0.1, 0.15) is 0 Å². The third-order valence-electron chi connectivity index (χ3n) is 2.77. The molecule has 7 heteroatoms. The number of methoxy groups -OCH3 is 2. The lowest BCUT2D eigenvalue weighted by Crippen LogP contribution is -2.06. The molecule has 0 aliphatic rings. The van der Waals surface area contributed by atoms with E-state index >= 15 is 0 Å². The molecule has 0 bridgehead atoms. The first-order valence-electron chi connectivity index (χ1n) is 6.45. The van der Waals surface area contributed by atoms with Gasteiger partial charge in [-0.15, -0.1) is 11.3 Å². The quantitative estimate of drug-likeness (QED) is 0.435. The fourth-order valence-electron chi connectivity index (χ4n) is 1.71. The second-order valence-corrected chi connectivity index (χ2v) is 6.75. The summed E-state index contributed by atoms with van der Waals surface area (Å²) in [5.74, 6) is -0.543. The van der Waals surface area contributed by atoms with E-state index in [0.29, 0.717) is 5.56 Å². The van der Waals surface area contributed by atoms with Gasteiger partial charge < -0.3 is 14.2 Å². The Morgan fingerprint density at radius 3 is 2.52 bits per heavy atom. The van der Waals surface area contributed by atoms with Crippen molar-refractivity contribution >= 4 is 45.3 Å². The van der Waals surface area contributed by atoms with Crippen LogP contribution in [0.25, 0.3) is 6.08 Å². The Balaban J connectivity index is 2.11. The fourth-order valence-corrected chi connectivity index (χ4v) is 3.03. The Kier molecular flexibility index (Phi) is 5.95. The van der Waals surface area contributed by atoms with Gasteiger partial charge in [-0.3, -0.25) is 0 Å². The van der Waals surface area contributed by atoms with E-state index < -0.39 is 11.9 Å². The van der Waals surface area contributed by atoms with Crippen LogP contribution in [-0.2, 0) is 9.53 Å². The number of thiophene rings is 1. The summed E-state index contributed by atoms with van der Waals surface area (Å²) in [5.41, 5.74) is 0.308. The lowest BCUT2D eigenvalue weighted by atomic mass is 10.2. The van der Waals surface area contributed by atoms with Crippen molar-refractivity contribution in [2.24, 2.45) is 0 Å². The Hall–Kier alpha value is -2.12. The number of carbonyl (C=O) groups is 2. The molecule has 0 saturated carbocycles. The minimum Gasteiger partial charge on any atom is -0.493 e. The maximum Gasteiger partial charge on any atom is 0.337 e. The zero-order chi connectivity index (χ0) is 16.8. The Labute approximate surface area is 145 Å². The van der Waals surface area contributed by atoms with E-state index in [0.717, 1.165) is 8.66 Å². The smallest absolute Gasteiger partial charge is 0.337 e. The Bertz CT molecular complexity index is 751. The van der Waals surface area contributed by atoms with Gasteiger partial charge in [-0.05, 0) is 52.3 Å². The summed E-state index contributed by atoms with van der Waals surface area (Å²) < 4.78 is 16.0.